The number of nitrogens with zero attached hydrogens (tertiary/aromatic N) is 1. The quantitative estimate of drug-likeness (QED) is 0.917. The first-order chi connectivity index (χ1) is 9.61. The molecular formula is C17H26N2O. The van der Waals surface area contributed by atoms with Gasteiger partial charge < -0.3 is 10.5 Å². The number of rotatable bonds is 4. The summed E-state index contributed by atoms with van der Waals surface area (Å²) in [6.45, 7) is 6.05. The second-order valence-corrected chi connectivity index (χ2v) is 6.53. The normalized spacial score (nSPS) is 29.6. The van der Waals surface area contributed by atoms with Crippen molar-refractivity contribution in [1.29, 1.82) is 0 Å². The van der Waals surface area contributed by atoms with Gasteiger partial charge in [0, 0.05) is 24.7 Å². The van der Waals surface area contributed by atoms with E-state index in [1.165, 1.54) is 36.8 Å². The third kappa shape index (κ3) is 2.99. The van der Waals surface area contributed by atoms with Gasteiger partial charge in [-0.1, -0.05) is 6.07 Å². The molecule has 2 aliphatic heterocycles. The van der Waals surface area contributed by atoms with E-state index in [4.69, 9.17) is 10.5 Å². The molecule has 0 aromatic heterocycles. The molecular weight excluding hydrogens is 248 g/mol. The standard InChI is InChI=1S/C17H26N2O/c1-12-7-13(2)9-17(8-12)20-6-5-19-15-3-4-16(19)11-14(18)10-15/h7-9,14-16H,3-6,10-11,18H2,1-2H3. The lowest BCUT2D eigenvalue weighted by Gasteiger charge is -2.37. The zero-order valence-corrected chi connectivity index (χ0v) is 12.6. The third-order valence-electron chi connectivity index (χ3n) is 4.73. The van der Waals surface area contributed by atoms with E-state index in [2.05, 4.69) is 36.9 Å². The molecule has 1 aromatic rings. The van der Waals surface area contributed by atoms with E-state index in [1.54, 1.807) is 0 Å². The van der Waals surface area contributed by atoms with Crippen molar-refractivity contribution in [3.05, 3.63) is 29.3 Å². The van der Waals surface area contributed by atoms with Gasteiger partial charge in [-0.2, -0.15) is 0 Å². The molecule has 0 spiro atoms. The number of hydrogen-bond acceptors (Lipinski definition) is 3. The van der Waals surface area contributed by atoms with Gasteiger partial charge in [-0.3, -0.25) is 4.90 Å². The number of piperidine rings is 1. The number of fused-ring (bicyclic) bond motifs is 2. The average Bonchev–Trinajstić information content (AvgIpc) is 2.61. The predicted octanol–water partition coefficient (Wildman–Crippen LogP) is 2.64. The molecule has 0 radical (unpaired) electrons. The van der Waals surface area contributed by atoms with Crippen LogP contribution in [0.2, 0.25) is 0 Å². The summed E-state index contributed by atoms with van der Waals surface area (Å²) in [6.07, 6.45) is 4.98. The molecule has 0 amide bonds. The van der Waals surface area contributed by atoms with E-state index < -0.39 is 0 Å². The zero-order chi connectivity index (χ0) is 14.1. The Kier molecular flexibility index (Phi) is 3.99. The van der Waals surface area contributed by atoms with Gasteiger partial charge in [0.25, 0.3) is 0 Å². The van der Waals surface area contributed by atoms with Crippen molar-refractivity contribution in [2.75, 3.05) is 13.2 Å². The fourth-order valence-corrected chi connectivity index (χ4v) is 3.97. The van der Waals surface area contributed by atoms with Crippen LogP contribution in [0.4, 0.5) is 0 Å². The molecule has 3 rings (SSSR count). The number of aryl methyl sites for hydroxylation is 2. The highest BCUT2D eigenvalue weighted by molar-refractivity contribution is 5.32. The number of benzene rings is 1. The predicted molar refractivity (Wildman–Crippen MR) is 82.1 cm³/mol. The van der Waals surface area contributed by atoms with Crippen LogP contribution in [0.25, 0.3) is 0 Å². The van der Waals surface area contributed by atoms with Crippen LogP contribution in [0.1, 0.15) is 36.8 Å². The van der Waals surface area contributed by atoms with Gasteiger partial charge in [-0.25, -0.2) is 0 Å². The Hall–Kier alpha value is -1.06. The Morgan fingerprint density at radius 2 is 1.70 bits per heavy atom. The lowest BCUT2D eigenvalue weighted by molar-refractivity contribution is 0.106. The molecule has 2 bridgehead atoms. The first-order valence-corrected chi connectivity index (χ1v) is 7.84. The van der Waals surface area contributed by atoms with Gasteiger partial charge in [0.1, 0.15) is 12.4 Å². The minimum atomic E-state index is 0.420. The molecule has 2 saturated heterocycles. The molecule has 2 atom stereocenters. The molecule has 3 heteroatoms. The van der Waals surface area contributed by atoms with Gasteiger partial charge >= 0.3 is 0 Å². The maximum atomic E-state index is 6.11. The van der Waals surface area contributed by atoms with Gasteiger partial charge in [0.2, 0.25) is 0 Å². The number of nitrogens with two attached hydrogens (primary N) is 1. The molecule has 0 aliphatic carbocycles. The number of ether oxygens (including phenoxy) is 1. The summed E-state index contributed by atoms with van der Waals surface area (Å²) in [7, 11) is 0. The average molecular weight is 274 g/mol. The fourth-order valence-electron chi connectivity index (χ4n) is 3.97. The summed E-state index contributed by atoms with van der Waals surface area (Å²) in [4.78, 5) is 2.63. The highest BCUT2D eigenvalue weighted by Gasteiger charge is 2.39. The van der Waals surface area contributed by atoms with E-state index in [9.17, 15) is 0 Å². The maximum absolute atomic E-state index is 6.11. The third-order valence-corrected chi connectivity index (χ3v) is 4.73. The summed E-state index contributed by atoms with van der Waals surface area (Å²) in [5.74, 6) is 1.00. The first-order valence-electron chi connectivity index (χ1n) is 7.84. The summed E-state index contributed by atoms with van der Waals surface area (Å²) < 4.78 is 5.95. The minimum absolute atomic E-state index is 0.420. The highest BCUT2D eigenvalue weighted by atomic mass is 16.5. The molecule has 3 nitrogen and oxygen atoms in total. The SMILES string of the molecule is Cc1cc(C)cc(OCCN2C3CCC2CC(N)C3)c1. The van der Waals surface area contributed by atoms with Crippen LogP contribution in [0.5, 0.6) is 5.75 Å². The van der Waals surface area contributed by atoms with E-state index >= 15 is 0 Å². The van der Waals surface area contributed by atoms with Crippen molar-refractivity contribution in [3.8, 4) is 5.75 Å². The molecule has 2 fully saturated rings. The minimum Gasteiger partial charge on any atom is -0.492 e. The van der Waals surface area contributed by atoms with Crippen LogP contribution < -0.4 is 10.5 Å². The Bertz CT molecular complexity index is 440. The molecule has 2 N–H and O–H groups in total. The summed E-state index contributed by atoms with van der Waals surface area (Å²) in [6, 6.07) is 8.24. The Morgan fingerprint density at radius 3 is 2.30 bits per heavy atom. The molecule has 2 heterocycles. The van der Waals surface area contributed by atoms with Crippen LogP contribution in [0, 0.1) is 13.8 Å². The second kappa shape index (κ2) is 5.74. The maximum Gasteiger partial charge on any atom is 0.119 e. The summed E-state index contributed by atoms with van der Waals surface area (Å²) in [5, 5.41) is 0. The van der Waals surface area contributed by atoms with Crippen molar-refractivity contribution in [3.63, 3.8) is 0 Å². The van der Waals surface area contributed by atoms with E-state index in [0.29, 0.717) is 18.1 Å². The van der Waals surface area contributed by atoms with Crippen molar-refractivity contribution in [2.24, 2.45) is 5.73 Å². The van der Waals surface area contributed by atoms with Crippen LogP contribution in [0.15, 0.2) is 18.2 Å². The Labute approximate surface area is 122 Å². The monoisotopic (exact) mass is 274 g/mol. The van der Waals surface area contributed by atoms with E-state index in [-0.39, 0.29) is 0 Å². The molecule has 2 unspecified atom stereocenters. The fraction of sp³-hybridized carbons (Fsp3) is 0.647. The smallest absolute Gasteiger partial charge is 0.119 e. The molecule has 1 aromatic carbocycles. The number of hydrogen-bond donors (Lipinski definition) is 1. The topological polar surface area (TPSA) is 38.5 Å². The van der Waals surface area contributed by atoms with Crippen LogP contribution in [-0.4, -0.2) is 36.2 Å². The van der Waals surface area contributed by atoms with Crippen molar-refractivity contribution in [1.82, 2.24) is 4.90 Å². The van der Waals surface area contributed by atoms with Crippen molar-refractivity contribution >= 4 is 0 Å². The van der Waals surface area contributed by atoms with Crippen LogP contribution in [-0.2, 0) is 0 Å². The largest absolute Gasteiger partial charge is 0.492 e. The van der Waals surface area contributed by atoms with Gasteiger partial charge in [-0.15, -0.1) is 0 Å². The van der Waals surface area contributed by atoms with Gasteiger partial charge in [0.15, 0.2) is 0 Å². The second-order valence-electron chi connectivity index (χ2n) is 6.53. The molecule has 0 saturated carbocycles. The first kappa shape index (κ1) is 13.9. The summed E-state index contributed by atoms with van der Waals surface area (Å²) >= 11 is 0. The Morgan fingerprint density at radius 1 is 1.10 bits per heavy atom. The lowest BCUT2D eigenvalue weighted by Crippen LogP contribution is -2.48. The van der Waals surface area contributed by atoms with E-state index in [1.807, 2.05) is 0 Å². The summed E-state index contributed by atoms with van der Waals surface area (Å²) in [5.41, 5.74) is 8.65. The van der Waals surface area contributed by atoms with Crippen molar-refractivity contribution in [2.45, 2.75) is 57.7 Å². The highest BCUT2D eigenvalue weighted by Crippen LogP contribution is 2.34. The zero-order valence-electron chi connectivity index (χ0n) is 12.6. The Balaban J connectivity index is 1.53. The molecule has 20 heavy (non-hydrogen) atoms. The van der Waals surface area contributed by atoms with Gasteiger partial charge in [-0.05, 0) is 62.8 Å². The van der Waals surface area contributed by atoms with Crippen molar-refractivity contribution < 1.29 is 4.74 Å². The molecule has 110 valence electrons. The van der Waals surface area contributed by atoms with Crippen LogP contribution >= 0.6 is 0 Å². The van der Waals surface area contributed by atoms with Crippen LogP contribution in [0.3, 0.4) is 0 Å². The van der Waals surface area contributed by atoms with E-state index in [0.717, 1.165) is 18.9 Å². The molecule has 2 aliphatic rings. The van der Waals surface area contributed by atoms with Gasteiger partial charge in [0.05, 0.1) is 0 Å². The lowest BCUT2D eigenvalue weighted by atomic mass is 9.98.